The fourth-order valence-corrected chi connectivity index (χ4v) is 2.95. The number of H-pyrrole nitrogens is 1. The van der Waals surface area contributed by atoms with Crippen LogP contribution in [-0.4, -0.2) is 37.3 Å². The van der Waals surface area contributed by atoms with Crippen molar-refractivity contribution in [3.8, 4) is 5.88 Å². The third-order valence-corrected chi connectivity index (χ3v) is 4.30. The normalized spacial score (nSPS) is 10.9. The number of nitrogens with zero attached hydrogens (tertiary/aromatic N) is 4. The van der Waals surface area contributed by atoms with Gasteiger partial charge in [-0.1, -0.05) is 0 Å². The van der Waals surface area contributed by atoms with Crippen molar-refractivity contribution in [2.45, 2.75) is 13.8 Å². The van der Waals surface area contributed by atoms with Gasteiger partial charge in [-0.05, 0) is 32.0 Å². The number of hydrogen-bond acceptors (Lipinski definition) is 7. The number of fused-ring (bicyclic) bond motifs is 1. The van der Waals surface area contributed by atoms with Gasteiger partial charge in [-0.25, -0.2) is 19.9 Å². The number of aromatic nitrogens is 5. The number of carbonyl (C=O) groups is 1. The van der Waals surface area contributed by atoms with E-state index in [1.165, 1.54) is 24.7 Å². The van der Waals surface area contributed by atoms with Gasteiger partial charge < -0.3 is 15.0 Å². The zero-order valence-electron chi connectivity index (χ0n) is 15.7. The summed E-state index contributed by atoms with van der Waals surface area (Å²) in [6.07, 6.45) is 4.46. The van der Waals surface area contributed by atoms with E-state index in [2.05, 4.69) is 30.2 Å². The molecule has 4 aromatic heterocycles. The number of halogens is 1. The lowest BCUT2D eigenvalue weighted by Gasteiger charge is -2.08. The summed E-state index contributed by atoms with van der Waals surface area (Å²) < 4.78 is 19.9. The lowest BCUT2D eigenvalue weighted by molar-refractivity contribution is 0.103. The molecule has 146 valence electrons. The van der Waals surface area contributed by atoms with E-state index in [1.807, 2.05) is 6.92 Å². The Labute approximate surface area is 165 Å². The van der Waals surface area contributed by atoms with Crippen LogP contribution in [-0.2, 0) is 0 Å². The first-order valence-electron chi connectivity index (χ1n) is 8.92. The Morgan fingerprint density at radius 1 is 1.17 bits per heavy atom. The van der Waals surface area contributed by atoms with Gasteiger partial charge in [0.25, 0.3) is 0 Å². The summed E-state index contributed by atoms with van der Waals surface area (Å²) in [6.45, 7) is 4.15. The van der Waals surface area contributed by atoms with E-state index in [9.17, 15) is 9.18 Å². The minimum Gasteiger partial charge on any atom is -0.478 e. The van der Waals surface area contributed by atoms with Crippen molar-refractivity contribution in [1.29, 1.82) is 0 Å². The van der Waals surface area contributed by atoms with Gasteiger partial charge in [0.2, 0.25) is 11.8 Å². The molecule has 4 rings (SSSR count). The molecule has 4 aromatic rings. The number of ketones is 1. The van der Waals surface area contributed by atoms with Crippen molar-refractivity contribution in [3.05, 3.63) is 65.8 Å². The Hall–Kier alpha value is -3.88. The predicted molar refractivity (Wildman–Crippen MR) is 105 cm³/mol. The maximum Gasteiger partial charge on any atom is 0.226 e. The molecule has 0 spiro atoms. The van der Waals surface area contributed by atoms with Crippen LogP contribution in [0.25, 0.3) is 11.0 Å². The summed E-state index contributed by atoms with van der Waals surface area (Å²) >= 11 is 0. The Morgan fingerprint density at radius 3 is 2.76 bits per heavy atom. The number of hydrogen-bond donors (Lipinski definition) is 2. The molecule has 0 aromatic carbocycles. The van der Waals surface area contributed by atoms with E-state index >= 15 is 0 Å². The monoisotopic (exact) mass is 392 g/mol. The van der Waals surface area contributed by atoms with Crippen LogP contribution < -0.4 is 10.1 Å². The van der Waals surface area contributed by atoms with Gasteiger partial charge in [-0.2, -0.15) is 4.39 Å². The number of aromatic amines is 1. The summed E-state index contributed by atoms with van der Waals surface area (Å²) in [6, 6.07) is 6.37. The van der Waals surface area contributed by atoms with Crippen LogP contribution in [0.2, 0.25) is 0 Å². The Morgan fingerprint density at radius 2 is 2.03 bits per heavy atom. The standard InChI is InChI=1S/C20H17FN6O2/c1-3-29-16-7-4-12(8-22-16)26-15-6-5-13(19(21)27-15)18(28)14-9-23-20-17(14)11(2)24-10-25-20/h4-10H,3H2,1-2H3,(H,26,27)(H,23,24,25). The van der Waals surface area contributed by atoms with Crippen molar-refractivity contribution < 1.29 is 13.9 Å². The molecule has 2 N–H and O–H groups in total. The van der Waals surface area contributed by atoms with Gasteiger partial charge in [-0.3, -0.25) is 4.79 Å². The molecular weight excluding hydrogens is 375 g/mol. The summed E-state index contributed by atoms with van der Waals surface area (Å²) in [7, 11) is 0. The third kappa shape index (κ3) is 3.62. The van der Waals surface area contributed by atoms with Crippen molar-refractivity contribution in [1.82, 2.24) is 24.9 Å². The predicted octanol–water partition coefficient (Wildman–Crippen LogP) is 3.57. The number of anilines is 2. The molecule has 8 nitrogen and oxygen atoms in total. The smallest absolute Gasteiger partial charge is 0.226 e. The first kappa shape index (κ1) is 18.5. The molecule has 0 saturated heterocycles. The van der Waals surface area contributed by atoms with Gasteiger partial charge >= 0.3 is 0 Å². The summed E-state index contributed by atoms with van der Waals surface area (Å²) in [5, 5.41) is 3.52. The Kier molecular flexibility index (Phi) is 4.86. The van der Waals surface area contributed by atoms with Gasteiger partial charge in [0.1, 0.15) is 17.8 Å². The SMILES string of the molecule is CCOc1ccc(Nc2ccc(C(=O)c3c[nH]c4ncnc(C)c34)c(F)n2)cn1. The van der Waals surface area contributed by atoms with Crippen LogP contribution in [0.3, 0.4) is 0 Å². The zero-order chi connectivity index (χ0) is 20.4. The number of ether oxygens (including phenoxy) is 1. The van der Waals surface area contributed by atoms with E-state index in [1.54, 1.807) is 25.3 Å². The molecule has 0 amide bonds. The molecule has 0 aliphatic rings. The molecule has 0 saturated carbocycles. The molecule has 0 fully saturated rings. The molecule has 0 unspecified atom stereocenters. The van der Waals surface area contributed by atoms with Crippen molar-refractivity contribution in [2.24, 2.45) is 0 Å². The fourth-order valence-electron chi connectivity index (χ4n) is 2.95. The van der Waals surface area contributed by atoms with E-state index < -0.39 is 11.7 Å². The number of rotatable bonds is 6. The van der Waals surface area contributed by atoms with E-state index in [0.717, 1.165) is 0 Å². The number of pyridine rings is 2. The maximum absolute atomic E-state index is 14.6. The lowest BCUT2D eigenvalue weighted by atomic mass is 10.0. The Bertz CT molecular complexity index is 1190. The fraction of sp³-hybridized carbons (Fsp3) is 0.150. The highest BCUT2D eigenvalue weighted by atomic mass is 19.1. The molecule has 0 bridgehead atoms. The molecule has 0 radical (unpaired) electrons. The second-order valence-electron chi connectivity index (χ2n) is 6.19. The largest absolute Gasteiger partial charge is 0.478 e. The van der Waals surface area contributed by atoms with Crippen LogP contribution >= 0.6 is 0 Å². The van der Waals surface area contributed by atoms with Crippen LogP contribution in [0.15, 0.2) is 43.0 Å². The Balaban J connectivity index is 1.59. The molecule has 4 heterocycles. The highest BCUT2D eigenvalue weighted by Crippen LogP contribution is 2.24. The molecule has 9 heteroatoms. The van der Waals surface area contributed by atoms with Gasteiger partial charge in [0, 0.05) is 12.3 Å². The zero-order valence-corrected chi connectivity index (χ0v) is 15.7. The van der Waals surface area contributed by atoms with E-state index in [0.29, 0.717) is 40.5 Å². The van der Waals surface area contributed by atoms with Crippen LogP contribution in [0, 0.1) is 12.9 Å². The average molecular weight is 392 g/mol. The number of aryl methyl sites for hydroxylation is 1. The second kappa shape index (κ2) is 7.63. The summed E-state index contributed by atoms with van der Waals surface area (Å²) in [5.41, 5.74) is 1.94. The molecule has 0 atom stereocenters. The quantitative estimate of drug-likeness (QED) is 0.382. The third-order valence-electron chi connectivity index (χ3n) is 4.30. The average Bonchev–Trinajstić information content (AvgIpc) is 3.15. The lowest BCUT2D eigenvalue weighted by Crippen LogP contribution is -2.07. The van der Waals surface area contributed by atoms with Crippen LogP contribution in [0.4, 0.5) is 15.9 Å². The topological polar surface area (TPSA) is 106 Å². The minimum atomic E-state index is -0.872. The highest BCUT2D eigenvalue weighted by Gasteiger charge is 2.21. The molecule has 29 heavy (non-hydrogen) atoms. The first-order chi connectivity index (χ1) is 14.1. The maximum atomic E-state index is 14.6. The van der Waals surface area contributed by atoms with E-state index in [-0.39, 0.29) is 11.4 Å². The minimum absolute atomic E-state index is 0.135. The molecule has 0 aliphatic carbocycles. The highest BCUT2D eigenvalue weighted by molar-refractivity contribution is 6.16. The van der Waals surface area contributed by atoms with E-state index in [4.69, 9.17) is 4.74 Å². The van der Waals surface area contributed by atoms with Crippen LogP contribution in [0.1, 0.15) is 28.5 Å². The molecule has 0 aliphatic heterocycles. The summed E-state index contributed by atoms with van der Waals surface area (Å²) in [5.74, 6) is -0.615. The van der Waals surface area contributed by atoms with Crippen molar-refractivity contribution >= 4 is 28.3 Å². The first-order valence-corrected chi connectivity index (χ1v) is 8.92. The summed E-state index contributed by atoms with van der Waals surface area (Å²) in [4.78, 5) is 32.0. The second-order valence-corrected chi connectivity index (χ2v) is 6.19. The van der Waals surface area contributed by atoms with Crippen molar-refractivity contribution in [2.75, 3.05) is 11.9 Å². The van der Waals surface area contributed by atoms with Crippen LogP contribution in [0.5, 0.6) is 5.88 Å². The molecular formula is C20H17FN6O2. The number of carbonyl (C=O) groups excluding carboxylic acids is 1. The van der Waals surface area contributed by atoms with Gasteiger partial charge in [0.05, 0.1) is 40.7 Å². The van der Waals surface area contributed by atoms with Gasteiger partial charge in [-0.15, -0.1) is 0 Å². The van der Waals surface area contributed by atoms with Crippen molar-refractivity contribution in [3.63, 3.8) is 0 Å². The van der Waals surface area contributed by atoms with Gasteiger partial charge in [0.15, 0.2) is 5.78 Å². The number of nitrogens with one attached hydrogen (secondary N) is 2.